The van der Waals surface area contributed by atoms with E-state index in [1.807, 2.05) is 0 Å². The maximum absolute atomic E-state index is 12.2. The number of carbonyl (C=O) groups is 2. The summed E-state index contributed by atoms with van der Waals surface area (Å²) in [7, 11) is 0. The topological polar surface area (TPSA) is 63.9 Å². The maximum atomic E-state index is 12.2. The predicted octanol–water partition coefficient (Wildman–Crippen LogP) is 3.47. The molecule has 132 valence electrons. The van der Waals surface area contributed by atoms with Crippen LogP contribution in [0.15, 0.2) is 48.8 Å². The van der Waals surface area contributed by atoms with Gasteiger partial charge in [0.25, 0.3) is 0 Å². The van der Waals surface area contributed by atoms with Gasteiger partial charge in [0.05, 0.1) is 16.3 Å². The standard InChI is InChI=1S/C19H16ClN3O3/c20-14-5-8-17-21-15(11-22(17)10-14)12-26-19(25)13-3-6-16(7-4-13)23-9-1-2-18(23)24/h3-8,10-11H,1-2,9,12H2. The monoisotopic (exact) mass is 369 g/mol. The first-order valence-corrected chi connectivity index (χ1v) is 8.69. The molecule has 4 rings (SSSR count). The molecule has 1 fully saturated rings. The summed E-state index contributed by atoms with van der Waals surface area (Å²) in [6, 6.07) is 10.4. The molecule has 7 heteroatoms. The first kappa shape index (κ1) is 16.6. The molecule has 1 aliphatic rings. The van der Waals surface area contributed by atoms with Crippen molar-refractivity contribution in [2.24, 2.45) is 0 Å². The van der Waals surface area contributed by atoms with E-state index in [2.05, 4.69) is 4.98 Å². The molecule has 0 atom stereocenters. The largest absolute Gasteiger partial charge is 0.456 e. The maximum Gasteiger partial charge on any atom is 0.338 e. The molecule has 0 N–H and O–H groups in total. The molecule has 2 aromatic heterocycles. The van der Waals surface area contributed by atoms with Crippen LogP contribution in [0.4, 0.5) is 5.69 Å². The number of fused-ring (bicyclic) bond motifs is 1. The Balaban J connectivity index is 1.41. The molecule has 0 saturated carbocycles. The molecule has 3 heterocycles. The molecule has 0 spiro atoms. The van der Waals surface area contributed by atoms with Crippen LogP contribution in [0.3, 0.4) is 0 Å². The highest BCUT2D eigenvalue weighted by Crippen LogP contribution is 2.22. The Morgan fingerprint density at radius 2 is 1.96 bits per heavy atom. The molecular formula is C19H16ClN3O3. The average molecular weight is 370 g/mol. The zero-order chi connectivity index (χ0) is 18.1. The van der Waals surface area contributed by atoms with Crippen molar-refractivity contribution in [3.63, 3.8) is 0 Å². The molecule has 6 nitrogen and oxygen atoms in total. The Morgan fingerprint density at radius 1 is 1.15 bits per heavy atom. The molecule has 0 aliphatic carbocycles. The molecular weight excluding hydrogens is 354 g/mol. The SMILES string of the molecule is O=C(OCc1cn2cc(Cl)ccc2n1)c1ccc(N2CCCC2=O)cc1. The third-order valence-electron chi connectivity index (χ3n) is 4.30. The van der Waals surface area contributed by atoms with Crippen LogP contribution in [0.5, 0.6) is 0 Å². The minimum absolute atomic E-state index is 0.0739. The number of benzene rings is 1. The predicted molar refractivity (Wildman–Crippen MR) is 97.4 cm³/mol. The number of halogens is 1. The fourth-order valence-electron chi connectivity index (χ4n) is 3.01. The van der Waals surface area contributed by atoms with E-state index in [0.717, 1.165) is 24.3 Å². The van der Waals surface area contributed by atoms with Crippen molar-refractivity contribution in [2.45, 2.75) is 19.4 Å². The number of esters is 1. The quantitative estimate of drug-likeness (QED) is 0.660. The van der Waals surface area contributed by atoms with E-state index in [9.17, 15) is 9.59 Å². The summed E-state index contributed by atoms with van der Waals surface area (Å²) in [6.45, 7) is 0.797. The number of aromatic nitrogens is 2. The fourth-order valence-corrected chi connectivity index (χ4v) is 3.18. The second-order valence-corrected chi connectivity index (χ2v) is 6.55. The van der Waals surface area contributed by atoms with Crippen molar-refractivity contribution in [2.75, 3.05) is 11.4 Å². The van der Waals surface area contributed by atoms with Crippen LogP contribution >= 0.6 is 11.6 Å². The van der Waals surface area contributed by atoms with Gasteiger partial charge in [0.2, 0.25) is 5.91 Å². The van der Waals surface area contributed by atoms with Gasteiger partial charge in [0.1, 0.15) is 12.3 Å². The van der Waals surface area contributed by atoms with E-state index in [1.165, 1.54) is 0 Å². The van der Waals surface area contributed by atoms with Crippen molar-refractivity contribution in [3.05, 3.63) is 65.1 Å². The summed E-state index contributed by atoms with van der Waals surface area (Å²) in [4.78, 5) is 30.1. The van der Waals surface area contributed by atoms with E-state index in [0.29, 0.717) is 22.7 Å². The zero-order valence-corrected chi connectivity index (χ0v) is 14.6. The Labute approximate surface area is 155 Å². The number of hydrogen-bond donors (Lipinski definition) is 0. The number of rotatable bonds is 4. The van der Waals surface area contributed by atoms with Crippen molar-refractivity contribution in [1.82, 2.24) is 9.38 Å². The van der Waals surface area contributed by atoms with Crippen LogP contribution in [-0.4, -0.2) is 27.8 Å². The molecule has 1 aromatic carbocycles. The summed E-state index contributed by atoms with van der Waals surface area (Å²) >= 11 is 5.95. The lowest BCUT2D eigenvalue weighted by molar-refractivity contribution is -0.117. The van der Waals surface area contributed by atoms with Crippen LogP contribution in [0, 0.1) is 0 Å². The number of pyridine rings is 1. The highest BCUT2D eigenvalue weighted by Gasteiger charge is 2.21. The van der Waals surface area contributed by atoms with Gasteiger partial charge in [-0.15, -0.1) is 0 Å². The van der Waals surface area contributed by atoms with Gasteiger partial charge >= 0.3 is 5.97 Å². The third kappa shape index (κ3) is 3.28. The molecule has 1 aliphatic heterocycles. The van der Waals surface area contributed by atoms with Crippen LogP contribution in [0.2, 0.25) is 5.02 Å². The number of carbonyl (C=O) groups excluding carboxylic acids is 2. The highest BCUT2D eigenvalue weighted by atomic mass is 35.5. The van der Waals surface area contributed by atoms with Crippen LogP contribution < -0.4 is 4.90 Å². The lowest BCUT2D eigenvalue weighted by Crippen LogP contribution is -2.23. The normalized spacial score (nSPS) is 14.2. The minimum atomic E-state index is -0.431. The summed E-state index contributed by atoms with van der Waals surface area (Å²) in [5.41, 5.74) is 2.62. The third-order valence-corrected chi connectivity index (χ3v) is 4.53. The van der Waals surface area contributed by atoms with Gasteiger partial charge < -0.3 is 14.0 Å². The Bertz CT molecular complexity index is 981. The number of imidazole rings is 1. The minimum Gasteiger partial charge on any atom is -0.456 e. The first-order chi connectivity index (χ1) is 12.6. The number of nitrogens with zero attached hydrogens (tertiary/aromatic N) is 3. The number of hydrogen-bond acceptors (Lipinski definition) is 4. The molecule has 26 heavy (non-hydrogen) atoms. The van der Waals surface area contributed by atoms with Crippen LogP contribution in [0.25, 0.3) is 5.65 Å². The second-order valence-electron chi connectivity index (χ2n) is 6.12. The number of ether oxygens (including phenoxy) is 1. The van der Waals surface area contributed by atoms with Crippen molar-refractivity contribution in [3.8, 4) is 0 Å². The van der Waals surface area contributed by atoms with Crippen molar-refractivity contribution < 1.29 is 14.3 Å². The van der Waals surface area contributed by atoms with Gasteiger partial charge in [-0.1, -0.05) is 11.6 Å². The van der Waals surface area contributed by atoms with E-state index in [-0.39, 0.29) is 12.5 Å². The van der Waals surface area contributed by atoms with Crippen LogP contribution in [-0.2, 0) is 16.1 Å². The van der Waals surface area contributed by atoms with Crippen molar-refractivity contribution in [1.29, 1.82) is 0 Å². The Kier molecular flexibility index (Phi) is 4.34. The smallest absolute Gasteiger partial charge is 0.338 e. The van der Waals surface area contributed by atoms with Gasteiger partial charge in [0, 0.05) is 31.0 Å². The summed E-state index contributed by atoms with van der Waals surface area (Å²) < 4.78 is 7.12. The van der Waals surface area contributed by atoms with Crippen molar-refractivity contribution >= 4 is 34.8 Å². The molecule has 1 amide bonds. The molecule has 0 bridgehead atoms. The molecule has 1 saturated heterocycles. The fraction of sp³-hybridized carbons (Fsp3) is 0.211. The number of anilines is 1. The summed E-state index contributed by atoms with van der Waals surface area (Å²) in [6.07, 6.45) is 4.96. The molecule has 0 unspecified atom stereocenters. The number of amides is 1. The highest BCUT2D eigenvalue weighted by molar-refractivity contribution is 6.30. The average Bonchev–Trinajstić information content (AvgIpc) is 3.25. The van der Waals surface area contributed by atoms with Gasteiger partial charge in [-0.05, 0) is 42.8 Å². The van der Waals surface area contributed by atoms with E-state index in [1.54, 1.807) is 58.1 Å². The summed E-state index contributed by atoms with van der Waals surface area (Å²) in [5.74, 6) is -0.313. The van der Waals surface area contributed by atoms with E-state index < -0.39 is 5.97 Å². The lowest BCUT2D eigenvalue weighted by atomic mass is 10.2. The zero-order valence-electron chi connectivity index (χ0n) is 13.9. The molecule has 3 aromatic rings. The van der Waals surface area contributed by atoms with Gasteiger partial charge in [-0.2, -0.15) is 0 Å². The van der Waals surface area contributed by atoms with E-state index >= 15 is 0 Å². The lowest BCUT2D eigenvalue weighted by Gasteiger charge is -2.15. The Hall–Kier alpha value is -2.86. The van der Waals surface area contributed by atoms with Gasteiger partial charge in [-0.3, -0.25) is 4.79 Å². The second kappa shape index (κ2) is 6.80. The van der Waals surface area contributed by atoms with Gasteiger partial charge in [0.15, 0.2) is 0 Å². The summed E-state index contributed by atoms with van der Waals surface area (Å²) in [5, 5.41) is 0.606. The van der Waals surface area contributed by atoms with Crippen LogP contribution in [0.1, 0.15) is 28.9 Å². The Morgan fingerprint density at radius 3 is 2.69 bits per heavy atom. The van der Waals surface area contributed by atoms with E-state index in [4.69, 9.17) is 16.3 Å². The van der Waals surface area contributed by atoms with Gasteiger partial charge in [-0.25, -0.2) is 9.78 Å². The first-order valence-electron chi connectivity index (χ1n) is 8.31. The molecule has 0 radical (unpaired) electrons.